The molecule has 2 saturated heterocycles. The maximum Gasteiger partial charge on any atom is 0.271 e. The standard InChI is InChI=1S/C49H57N5O5/c1-31-44(29-54-42-15-8-5-11-35(42)24-25-43(54)47(57)53-49(2,3)4)58-48(59-45(31)36-18-16-32(30-55)17-19-36)37-22-20-34(21-23-37)38-12-9-10-33(26-38)27-51-46(56)41-28-50-39-13-6-7-14-40(39)52-41/h6-7,9-10,12-14,16-23,26,28,31,35,42-45,48,55H,5,8,11,15,24-25,27,29-30H2,1-4H3,(H,51,56)(H,53,57). The number of nitrogens with zero attached hydrogens (tertiary/aromatic N) is 3. The van der Waals surface area contributed by atoms with E-state index in [4.69, 9.17) is 9.47 Å². The number of amides is 2. The summed E-state index contributed by atoms with van der Waals surface area (Å²) in [7, 11) is 0. The smallest absolute Gasteiger partial charge is 0.271 e. The number of fused-ring (bicyclic) bond motifs is 2. The molecule has 5 aromatic rings. The number of carbonyl (C=O) groups excluding carboxylic acids is 2. The summed E-state index contributed by atoms with van der Waals surface area (Å²) >= 11 is 0. The average Bonchev–Trinajstić information content (AvgIpc) is 3.25. The Hall–Kier alpha value is -5.00. The van der Waals surface area contributed by atoms with Crippen LogP contribution < -0.4 is 10.6 Å². The van der Waals surface area contributed by atoms with Crippen LogP contribution in [0.25, 0.3) is 22.2 Å². The molecule has 3 aliphatic rings. The summed E-state index contributed by atoms with van der Waals surface area (Å²) in [6.07, 6.45) is 7.12. The number of hydrogen-bond donors (Lipinski definition) is 3. The maximum absolute atomic E-state index is 13.9. The molecule has 3 fully saturated rings. The third-order valence-corrected chi connectivity index (χ3v) is 12.4. The predicted octanol–water partition coefficient (Wildman–Crippen LogP) is 8.45. The van der Waals surface area contributed by atoms with Gasteiger partial charge in [0.25, 0.3) is 5.91 Å². The van der Waals surface area contributed by atoms with Crippen LogP contribution in [0.1, 0.15) is 111 Å². The lowest BCUT2D eigenvalue weighted by Crippen LogP contribution is -2.61. The fraction of sp³-hybridized carbons (Fsp3) is 0.429. The van der Waals surface area contributed by atoms with Crippen molar-refractivity contribution in [3.8, 4) is 11.1 Å². The molecular weight excluding hydrogens is 739 g/mol. The summed E-state index contributed by atoms with van der Waals surface area (Å²) in [5.41, 5.74) is 7.23. The molecule has 1 aromatic heterocycles. The van der Waals surface area contributed by atoms with Gasteiger partial charge >= 0.3 is 0 Å². The van der Waals surface area contributed by atoms with Crippen molar-refractivity contribution < 1.29 is 24.2 Å². The van der Waals surface area contributed by atoms with Crippen LogP contribution in [0.4, 0.5) is 0 Å². The summed E-state index contributed by atoms with van der Waals surface area (Å²) in [6.45, 7) is 9.32. The third kappa shape index (κ3) is 9.42. The number of nitrogens with one attached hydrogen (secondary N) is 2. The van der Waals surface area contributed by atoms with Gasteiger partial charge in [-0.15, -0.1) is 0 Å². The molecule has 7 unspecified atom stereocenters. The van der Waals surface area contributed by atoms with Crippen molar-refractivity contribution in [1.29, 1.82) is 0 Å². The second-order valence-electron chi connectivity index (χ2n) is 17.7. The van der Waals surface area contributed by atoms with Crippen molar-refractivity contribution in [2.24, 2.45) is 11.8 Å². The van der Waals surface area contributed by atoms with Crippen LogP contribution in [-0.2, 0) is 27.4 Å². The first kappa shape index (κ1) is 40.8. The highest BCUT2D eigenvalue weighted by Gasteiger charge is 2.46. The fourth-order valence-corrected chi connectivity index (χ4v) is 9.30. The number of likely N-dealkylation sites (tertiary alicyclic amines) is 1. The van der Waals surface area contributed by atoms with Crippen LogP contribution in [0.5, 0.6) is 0 Å². The van der Waals surface area contributed by atoms with Crippen LogP contribution in [0.3, 0.4) is 0 Å². The zero-order valence-corrected chi connectivity index (χ0v) is 34.6. The Morgan fingerprint density at radius 3 is 2.32 bits per heavy atom. The van der Waals surface area contributed by atoms with Crippen molar-refractivity contribution in [2.75, 3.05) is 6.54 Å². The first-order valence-corrected chi connectivity index (χ1v) is 21.3. The predicted molar refractivity (Wildman–Crippen MR) is 229 cm³/mol. The van der Waals surface area contributed by atoms with E-state index in [0.717, 1.165) is 58.2 Å². The number of aromatic nitrogens is 2. The topological polar surface area (TPSA) is 126 Å². The van der Waals surface area contributed by atoms with Crippen LogP contribution in [0.2, 0.25) is 0 Å². The lowest BCUT2D eigenvalue weighted by atomic mass is 9.75. The molecule has 0 spiro atoms. The Labute approximate surface area is 347 Å². The molecule has 0 radical (unpaired) electrons. The number of carbonyl (C=O) groups is 2. The van der Waals surface area contributed by atoms with E-state index < -0.39 is 6.29 Å². The zero-order chi connectivity index (χ0) is 41.1. The summed E-state index contributed by atoms with van der Waals surface area (Å²) < 4.78 is 13.8. The number of piperidine rings is 1. The Kier molecular flexibility index (Phi) is 12.2. The van der Waals surface area contributed by atoms with E-state index >= 15 is 0 Å². The van der Waals surface area contributed by atoms with E-state index in [0.29, 0.717) is 30.6 Å². The second kappa shape index (κ2) is 17.7. The van der Waals surface area contributed by atoms with Gasteiger partial charge in [0.1, 0.15) is 5.69 Å². The largest absolute Gasteiger partial charge is 0.392 e. The van der Waals surface area contributed by atoms with Crippen molar-refractivity contribution in [2.45, 2.75) is 115 Å². The van der Waals surface area contributed by atoms with Gasteiger partial charge in [0.05, 0.1) is 42.1 Å². The van der Waals surface area contributed by atoms with Crippen molar-refractivity contribution in [3.05, 3.63) is 131 Å². The van der Waals surface area contributed by atoms with Crippen molar-refractivity contribution in [3.63, 3.8) is 0 Å². The summed E-state index contributed by atoms with van der Waals surface area (Å²) in [4.78, 5) is 38.3. The zero-order valence-electron chi connectivity index (χ0n) is 34.6. The SMILES string of the molecule is CC1C(CN2C(C(=O)NC(C)(C)C)CCC3CCCCC32)OC(c2ccc(-c3cccc(CNC(=O)c4cnc5ccccc5n4)c3)cc2)OC1c1ccc(CO)cc1. The highest BCUT2D eigenvalue weighted by Crippen LogP contribution is 2.44. The number of para-hydroxylation sites is 2. The Balaban J connectivity index is 1.01. The highest BCUT2D eigenvalue weighted by atomic mass is 16.7. The molecule has 59 heavy (non-hydrogen) atoms. The minimum atomic E-state index is -0.624. The quantitative estimate of drug-likeness (QED) is 0.129. The Morgan fingerprint density at radius 1 is 0.814 bits per heavy atom. The molecule has 8 rings (SSSR count). The minimum Gasteiger partial charge on any atom is -0.392 e. The minimum absolute atomic E-state index is 0.00249. The van der Waals surface area contributed by atoms with Gasteiger partial charge in [0.2, 0.25) is 5.91 Å². The van der Waals surface area contributed by atoms with Gasteiger partial charge in [0, 0.05) is 36.2 Å². The number of benzene rings is 4. The van der Waals surface area contributed by atoms with Crippen molar-refractivity contribution in [1.82, 2.24) is 25.5 Å². The normalized spacial score (nSPS) is 24.9. The summed E-state index contributed by atoms with van der Waals surface area (Å²) in [5.74, 6) is 0.423. The highest BCUT2D eigenvalue weighted by molar-refractivity contribution is 5.93. The fourth-order valence-electron chi connectivity index (χ4n) is 9.30. The third-order valence-electron chi connectivity index (χ3n) is 12.4. The number of ether oxygens (including phenoxy) is 2. The maximum atomic E-state index is 13.9. The number of aliphatic hydroxyl groups excluding tert-OH is 1. The average molecular weight is 796 g/mol. The van der Waals surface area contributed by atoms with Gasteiger partial charge in [-0.25, -0.2) is 4.98 Å². The van der Waals surface area contributed by atoms with Crippen LogP contribution in [-0.4, -0.2) is 62.1 Å². The molecule has 2 aliphatic heterocycles. The molecule has 10 heteroatoms. The monoisotopic (exact) mass is 795 g/mol. The molecule has 2 amide bonds. The van der Waals surface area contributed by atoms with Gasteiger partial charge in [-0.2, -0.15) is 0 Å². The molecule has 3 heterocycles. The molecular formula is C49H57N5O5. The van der Waals surface area contributed by atoms with E-state index in [9.17, 15) is 14.7 Å². The van der Waals surface area contributed by atoms with Gasteiger partial charge in [0.15, 0.2) is 6.29 Å². The second-order valence-corrected chi connectivity index (χ2v) is 17.7. The summed E-state index contributed by atoms with van der Waals surface area (Å²) in [5, 5.41) is 16.1. The molecule has 4 aromatic carbocycles. The number of aliphatic hydroxyl groups is 1. The van der Waals surface area contributed by atoms with Gasteiger partial charge in [-0.1, -0.05) is 98.6 Å². The first-order valence-electron chi connectivity index (χ1n) is 21.3. The molecule has 1 saturated carbocycles. The first-order chi connectivity index (χ1) is 28.5. The molecule has 7 atom stereocenters. The lowest BCUT2D eigenvalue weighted by Gasteiger charge is -2.51. The molecule has 3 N–H and O–H groups in total. The van der Waals surface area contributed by atoms with Crippen LogP contribution in [0, 0.1) is 11.8 Å². The Bertz CT molecular complexity index is 2240. The molecule has 10 nitrogen and oxygen atoms in total. The van der Waals surface area contributed by atoms with Gasteiger partial charge < -0.3 is 25.2 Å². The van der Waals surface area contributed by atoms with Crippen LogP contribution >= 0.6 is 0 Å². The lowest BCUT2D eigenvalue weighted by molar-refractivity contribution is -0.278. The van der Waals surface area contributed by atoms with E-state index in [-0.39, 0.29) is 53.8 Å². The molecule has 308 valence electrons. The number of hydrogen-bond acceptors (Lipinski definition) is 8. The van der Waals surface area contributed by atoms with E-state index in [1.165, 1.54) is 25.5 Å². The van der Waals surface area contributed by atoms with Crippen molar-refractivity contribution >= 4 is 22.8 Å². The van der Waals surface area contributed by atoms with E-state index in [1.807, 2.05) is 69.3 Å². The molecule has 1 aliphatic carbocycles. The van der Waals surface area contributed by atoms with Gasteiger partial charge in [-0.05, 0) is 98.4 Å². The van der Waals surface area contributed by atoms with Gasteiger partial charge in [-0.3, -0.25) is 19.5 Å². The summed E-state index contributed by atoms with van der Waals surface area (Å²) in [6, 6.07) is 32.1. The van der Waals surface area contributed by atoms with Crippen LogP contribution in [0.15, 0.2) is 103 Å². The molecule has 0 bridgehead atoms. The van der Waals surface area contributed by atoms with E-state index in [1.54, 1.807) is 0 Å². The Morgan fingerprint density at radius 2 is 1.56 bits per heavy atom. The van der Waals surface area contributed by atoms with E-state index in [2.05, 4.69) is 81.0 Å². The number of rotatable bonds is 10.